The van der Waals surface area contributed by atoms with E-state index in [0.717, 1.165) is 18.5 Å². The maximum absolute atomic E-state index is 11.2. The van der Waals surface area contributed by atoms with Crippen molar-refractivity contribution in [1.82, 2.24) is 5.32 Å². The van der Waals surface area contributed by atoms with Gasteiger partial charge in [0.25, 0.3) is 5.69 Å². The Labute approximate surface area is 129 Å². The van der Waals surface area contributed by atoms with Crippen LogP contribution < -0.4 is 5.32 Å². The molecular formula is C16H20N2O2S. The lowest BCUT2D eigenvalue weighted by molar-refractivity contribution is -0.385. The maximum Gasteiger partial charge on any atom is 0.272 e. The molecule has 0 saturated heterocycles. The minimum Gasteiger partial charge on any atom is -0.309 e. The van der Waals surface area contributed by atoms with Crippen molar-refractivity contribution in [2.75, 3.05) is 6.54 Å². The van der Waals surface area contributed by atoms with Crippen LogP contribution in [0.4, 0.5) is 5.69 Å². The lowest BCUT2D eigenvalue weighted by Crippen LogP contribution is -2.23. The number of nitro benzene ring substituents is 1. The summed E-state index contributed by atoms with van der Waals surface area (Å²) in [5.41, 5.74) is 2.31. The molecule has 1 atom stereocenters. The fourth-order valence-electron chi connectivity index (χ4n) is 2.53. The smallest absolute Gasteiger partial charge is 0.272 e. The van der Waals surface area contributed by atoms with Gasteiger partial charge in [-0.1, -0.05) is 32.0 Å². The maximum atomic E-state index is 11.2. The van der Waals surface area contributed by atoms with E-state index in [-0.39, 0.29) is 16.7 Å². The third-order valence-corrected chi connectivity index (χ3v) is 4.61. The standard InChI is InChI=1S/C16H20N2O2S/c1-3-12-9-10-21-16(12)14(17-4-2)11-13-7-5-6-8-15(13)18(19)20/h5-10,14,17H,3-4,11H2,1-2H3. The molecule has 2 aromatic rings. The number of nitrogens with one attached hydrogen (secondary N) is 1. The molecule has 0 aliphatic rings. The largest absolute Gasteiger partial charge is 0.309 e. The van der Waals surface area contributed by atoms with E-state index in [2.05, 4.69) is 30.6 Å². The van der Waals surface area contributed by atoms with E-state index in [1.165, 1.54) is 10.4 Å². The molecule has 4 nitrogen and oxygen atoms in total. The van der Waals surface area contributed by atoms with E-state index in [9.17, 15) is 10.1 Å². The first-order valence-electron chi connectivity index (χ1n) is 7.19. The van der Waals surface area contributed by atoms with E-state index in [4.69, 9.17) is 0 Å². The van der Waals surface area contributed by atoms with E-state index in [1.807, 2.05) is 12.1 Å². The van der Waals surface area contributed by atoms with Crippen LogP contribution in [0.5, 0.6) is 0 Å². The van der Waals surface area contributed by atoms with E-state index in [0.29, 0.717) is 6.42 Å². The number of benzene rings is 1. The molecule has 1 heterocycles. The number of nitro groups is 1. The first-order chi connectivity index (χ1) is 10.2. The van der Waals surface area contributed by atoms with Crippen molar-refractivity contribution in [2.24, 2.45) is 0 Å². The zero-order valence-electron chi connectivity index (χ0n) is 12.3. The van der Waals surface area contributed by atoms with E-state index < -0.39 is 0 Å². The average molecular weight is 304 g/mol. The molecule has 0 aliphatic carbocycles. The summed E-state index contributed by atoms with van der Waals surface area (Å²) in [6.07, 6.45) is 1.62. The Morgan fingerprint density at radius 2 is 2.00 bits per heavy atom. The summed E-state index contributed by atoms with van der Waals surface area (Å²) >= 11 is 1.72. The number of rotatable bonds is 7. The molecule has 21 heavy (non-hydrogen) atoms. The molecule has 112 valence electrons. The molecular weight excluding hydrogens is 284 g/mol. The first kappa shape index (κ1) is 15.7. The molecule has 0 amide bonds. The highest BCUT2D eigenvalue weighted by atomic mass is 32.1. The second-order valence-electron chi connectivity index (χ2n) is 4.86. The van der Waals surface area contributed by atoms with Gasteiger partial charge in [-0.2, -0.15) is 0 Å². The molecule has 5 heteroatoms. The summed E-state index contributed by atoms with van der Waals surface area (Å²) in [5, 5.41) is 16.7. The predicted molar refractivity (Wildman–Crippen MR) is 86.9 cm³/mol. The minimum absolute atomic E-state index is 0.131. The van der Waals surface area contributed by atoms with E-state index >= 15 is 0 Å². The van der Waals surface area contributed by atoms with Gasteiger partial charge in [-0.25, -0.2) is 0 Å². The van der Waals surface area contributed by atoms with Gasteiger partial charge < -0.3 is 5.32 Å². The van der Waals surface area contributed by atoms with Gasteiger partial charge >= 0.3 is 0 Å². The Balaban J connectivity index is 2.31. The van der Waals surface area contributed by atoms with Crippen LogP contribution in [-0.2, 0) is 12.8 Å². The second-order valence-corrected chi connectivity index (χ2v) is 5.81. The van der Waals surface area contributed by atoms with Crippen molar-refractivity contribution in [3.8, 4) is 0 Å². The average Bonchev–Trinajstić information content (AvgIpc) is 2.95. The fourth-order valence-corrected chi connectivity index (χ4v) is 3.60. The zero-order valence-corrected chi connectivity index (χ0v) is 13.2. The van der Waals surface area contributed by atoms with Gasteiger partial charge in [-0.05, 0) is 36.4 Å². The van der Waals surface area contributed by atoms with Gasteiger partial charge in [0.1, 0.15) is 0 Å². The summed E-state index contributed by atoms with van der Waals surface area (Å²) in [4.78, 5) is 12.1. The molecule has 0 radical (unpaired) electrons. The summed E-state index contributed by atoms with van der Waals surface area (Å²) in [5.74, 6) is 0. The predicted octanol–water partition coefficient (Wildman–Crippen LogP) is 4.11. The second kappa shape index (κ2) is 7.33. The Morgan fingerprint density at radius 1 is 1.24 bits per heavy atom. The zero-order chi connectivity index (χ0) is 15.2. The van der Waals surface area contributed by atoms with Crippen LogP contribution in [0.2, 0.25) is 0 Å². The molecule has 0 saturated carbocycles. The number of hydrogen-bond acceptors (Lipinski definition) is 4. The summed E-state index contributed by atoms with van der Waals surface area (Å²) in [6.45, 7) is 5.04. The lowest BCUT2D eigenvalue weighted by atomic mass is 10.00. The normalized spacial score (nSPS) is 12.3. The Hall–Kier alpha value is -1.72. The van der Waals surface area contributed by atoms with Gasteiger partial charge in [0.2, 0.25) is 0 Å². The number of thiophene rings is 1. The quantitative estimate of drug-likeness (QED) is 0.618. The van der Waals surface area contributed by atoms with Crippen molar-refractivity contribution in [2.45, 2.75) is 32.7 Å². The van der Waals surface area contributed by atoms with Crippen molar-refractivity contribution >= 4 is 17.0 Å². The summed E-state index contributed by atoms with van der Waals surface area (Å²) in [6, 6.07) is 9.28. The minimum atomic E-state index is -0.298. The van der Waals surface area contributed by atoms with Gasteiger partial charge in [0, 0.05) is 22.5 Å². The highest BCUT2D eigenvalue weighted by molar-refractivity contribution is 7.10. The third kappa shape index (κ3) is 3.68. The van der Waals surface area contributed by atoms with Crippen LogP contribution in [0.15, 0.2) is 35.7 Å². The Bertz CT molecular complexity index is 610. The lowest BCUT2D eigenvalue weighted by Gasteiger charge is -2.18. The molecule has 1 unspecified atom stereocenters. The third-order valence-electron chi connectivity index (χ3n) is 3.54. The molecule has 0 spiro atoms. The van der Waals surface area contributed by atoms with Crippen LogP contribution >= 0.6 is 11.3 Å². The van der Waals surface area contributed by atoms with Gasteiger partial charge in [-0.3, -0.25) is 10.1 Å². The van der Waals surface area contributed by atoms with Crippen molar-refractivity contribution in [3.63, 3.8) is 0 Å². The number of nitrogens with zero attached hydrogens (tertiary/aromatic N) is 1. The molecule has 1 aromatic heterocycles. The van der Waals surface area contributed by atoms with E-state index in [1.54, 1.807) is 23.5 Å². The van der Waals surface area contributed by atoms with Gasteiger partial charge in [0.05, 0.1) is 4.92 Å². The topological polar surface area (TPSA) is 55.2 Å². The fraction of sp³-hybridized carbons (Fsp3) is 0.375. The van der Waals surface area contributed by atoms with Crippen molar-refractivity contribution in [3.05, 3.63) is 61.8 Å². The monoisotopic (exact) mass is 304 g/mol. The van der Waals surface area contributed by atoms with Crippen molar-refractivity contribution < 1.29 is 4.92 Å². The number of hydrogen-bond donors (Lipinski definition) is 1. The van der Waals surface area contributed by atoms with Gasteiger partial charge in [0.15, 0.2) is 0 Å². The van der Waals surface area contributed by atoms with Crippen LogP contribution in [0.25, 0.3) is 0 Å². The number of likely N-dealkylation sites (N-methyl/N-ethyl adjacent to an activating group) is 1. The Morgan fingerprint density at radius 3 is 2.67 bits per heavy atom. The first-order valence-corrected chi connectivity index (χ1v) is 8.07. The van der Waals surface area contributed by atoms with Crippen LogP contribution in [0.1, 0.15) is 35.9 Å². The SMILES string of the molecule is CCNC(Cc1ccccc1[N+](=O)[O-])c1sccc1CC. The molecule has 1 aromatic carbocycles. The highest BCUT2D eigenvalue weighted by Crippen LogP contribution is 2.30. The van der Waals surface area contributed by atoms with Crippen LogP contribution in [0, 0.1) is 10.1 Å². The van der Waals surface area contributed by atoms with Crippen molar-refractivity contribution in [1.29, 1.82) is 0 Å². The molecule has 2 rings (SSSR count). The number of para-hydroxylation sites is 1. The molecule has 0 fully saturated rings. The van der Waals surface area contributed by atoms with Gasteiger partial charge in [-0.15, -0.1) is 11.3 Å². The summed E-state index contributed by atoms with van der Waals surface area (Å²) < 4.78 is 0. The van der Waals surface area contributed by atoms with Crippen LogP contribution in [0.3, 0.4) is 0 Å². The molecule has 1 N–H and O–H groups in total. The molecule has 0 bridgehead atoms. The highest BCUT2D eigenvalue weighted by Gasteiger charge is 2.20. The summed E-state index contributed by atoms with van der Waals surface area (Å²) in [7, 11) is 0. The van der Waals surface area contributed by atoms with Crippen LogP contribution in [-0.4, -0.2) is 11.5 Å². The Kier molecular flexibility index (Phi) is 5.47. The number of aryl methyl sites for hydroxylation is 1. The molecule has 0 aliphatic heterocycles.